The van der Waals surface area contributed by atoms with Gasteiger partial charge in [-0.05, 0) is 55.3 Å². The molecule has 148 valence electrons. The van der Waals surface area contributed by atoms with E-state index < -0.39 is 5.97 Å². The zero-order chi connectivity index (χ0) is 20.6. The lowest BCUT2D eigenvalue weighted by Crippen LogP contribution is -2.07. The van der Waals surface area contributed by atoms with Crippen molar-refractivity contribution in [3.05, 3.63) is 102 Å². The highest BCUT2D eigenvalue weighted by Gasteiger charge is 2.13. The lowest BCUT2D eigenvalue weighted by molar-refractivity contribution is 0.0601. The topological polar surface area (TPSA) is 56.1 Å². The summed E-state index contributed by atoms with van der Waals surface area (Å²) in [4.78, 5) is 16.5. The minimum atomic E-state index is -0.419. The molecule has 0 saturated carbocycles. The number of hydrogen-bond acceptors (Lipinski definition) is 4. The Morgan fingerprint density at radius 1 is 1.03 bits per heavy atom. The average molecular weight is 387 g/mol. The smallest absolute Gasteiger partial charge is 0.341 e. The van der Waals surface area contributed by atoms with Crippen LogP contribution in [-0.2, 0) is 11.3 Å². The molecule has 2 heterocycles. The molecule has 0 aliphatic heterocycles. The number of aryl methyl sites for hydroxylation is 2. The highest BCUT2D eigenvalue weighted by Crippen LogP contribution is 2.20. The fourth-order valence-electron chi connectivity index (χ4n) is 2.90. The summed E-state index contributed by atoms with van der Waals surface area (Å²) in [6.07, 6.45) is 3.77. The van der Waals surface area contributed by atoms with E-state index in [1.165, 1.54) is 12.7 Å². The zero-order valence-corrected chi connectivity index (χ0v) is 16.9. The number of anilines is 2. The number of benzene rings is 1. The summed E-state index contributed by atoms with van der Waals surface area (Å²) >= 11 is 0. The van der Waals surface area contributed by atoms with Crippen molar-refractivity contribution in [3.63, 3.8) is 0 Å². The Morgan fingerprint density at radius 2 is 1.79 bits per heavy atom. The van der Waals surface area contributed by atoms with E-state index in [2.05, 4.69) is 40.1 Å². The van der Waals surface area contributed by atoms with Gasteiger partial charge in [-0.15, -0.1) is 0 Å². The number of carbonyl (C=O) groups excluding carboxylic acids is 1. The van der Waals surface area contributed by atoms with Gasteiger partial charge in [0.15, 0.2) is 0 Å². The lowest BCUT2D eigenvalue weighted by atomic mass is 10.2. The number of rotatable bonds is 5. The Bertz CT molecular complexity index is 1040. The molecule has 0 atom stereocenters. The van der Waals surface area contributed by atoms with E-state index in [0.29, 0.717) is 11.4 Å². The van der Waals surface area contributed by atoms with Gasteiger partial charge in [-0.1, -0.05) is 36.4 Å². The van der Waals surface area contributed by atoms with Crippen LogP contribution < -0.4 is 5.32 Å². The molecule has 1 aromatic carbocycles. The van der Waals surface area contributed by atoms with Crippen molar-refractivity contribution in [2.75, 3.05) is 12.4 Å². The van der Waals surface area contributed by atoms with Crippen molar-refractivity contribution in [3.8, 4) is 0 Å². The van der Waals surface area contributed by atoms with Gasteiger partial charge in [0.2, 0.25) is 0 Å². The van der Waals surface area contributed by atoms with Gasteiger partial charge in [-0.3, -0.25) is 0 Å². The molecular formula is C24H25N3O2. The minimum Gasteiger partial charge on any atom is -0.465 e. The standard InChI is InChI=1S/C24H25N3O2/c1-18-15-22(24(28)29-3)23(25-16-18)26-21-11-7-8-14-27(19(2)12-13-21)17-20-9-5-4-6-10-20/h4-16H,17H2,1-3H3,(H,25,26). The number of carbonyl (C=O) groups is 1. The number of nitrogens with zero attached hydrogens (tertiary/aromatic N) is 2. The van der Waals surface area contributed by atoms with E-state index in [4.69, 9.17) is 4.74 Å². The first kappa shape index (κ1) is 20.1. The number of methoxy groups -OCH3 is 1. The second-order valence-electron chi connectivity index (χ2n) is 6.77. The maximum absolute atomic E-state index is 12.1. The van der Waals surface area contributed by atoms with E-state index in [1.54, 1.807) is 12.3 Å². The normalized spacial score (nSPS) is 10.2. The average Bonchev–Trinajstić information content (AvgIpc) is 2.82. The van der Waals surface area contributed by atoms with Crippen LogP contribution in [-0.4, -0.2) is 22.6 Å². The summed E-state index contributed by atoms with van der Waals surface area (Å²) < 4.78 is 7.07. The number of esters is 1. The molecule has 3 aromatic rings. The monoisotopic (exact) mass is 387 g/mol. The van der Waals surface area contributed by atoms with Crippen LogP contribution in [0.5, 0.6) is 0 Å². The number of aromatic nitrogens is 2. The minimum absolute atomic E-state index is 0.406. The molecular weight excluding hydrogens is 362 g/mol. The van der Waals surface area contributed by atoms with Crippen LogP contribution in [0.2, 0.25) is 0 Å². The zero-order valence-electron chi connectivity index (χ0n) is 16.9. The number of hydrogen-bond donors (Lipinski definition) is 1. The van der Waals surface area contributed by atoms with Gasteiger partial charge >= 0.3 is 5.97 Å². The first-order valence-corrected chi connectivity index (χ1v) is 9.43. The van der Waals surface area contributed by atoms with Crippen molar-refractivity contribution in [1.82, 2.24) is 9.55 Å². The summed E-state index contributed by atoms with van der Waals surface area (Å²) in [6, 6.07) is 22.0. The molecule has 0 aliphatic carbocycles. The first-order valence-electron chi connectivity index (χ1n) is 9.43. The fourth-order valence-corrected chi connectivity index (χ4v) is 2.90. The molecule has 1 N–H and O–H groups in total. The van der Waals surface area contributed by atoms with Crippen molar-refractivity contribution < 1.29 is 9.53 Å². The van der Waals surface area contributed by atoms with Gasteiger partial charge in [0, 0.05) is 30.3 Å². The SMILES string of the molecule is COC(=O)c1cc(C)cnc1Nc1ccccn(Cc2ccccc2)c(C)cc1. The Hall–Kier alpha value is -3.60. The van der Waals surface area contributed by atoms with Gasteiger partial charge in [-0.25, -0.2) is 9.78 Å². The van der Waals surface area contributed by atoms with Crippen LogP contribution >= 0.6 is 0 Å². The Balaban J connectivity index is 1.93. The molecule has 0 aliphatic rings. The van der Waals surface area contributed by atoms with Gasteiger partial charge in [0.05, 0.1) is 7.11 Å². The van der Waals surface area contributed by atoms with Crippen LogP contribution in [0, 0.1) is 13.8 Å². The number of nitrogens with one attached hydrogen (secondary N) is 1. The predicted molar refractivity (Wildman–Crippen MR) is 116 cm³/mol. The summed E-state index contributed by atoms with van der Waals surface area (Å²) in [7, 11) is 1.37. The summed E-state index contributed by atoms with van der Waals surface area (Å²) in [5.74, 6) is 0.0470. The Labute approximate surface area is 171 Å². The molecule has 0 fully saturated rings. The molecule has 29 heavy (non-hydrogen) atoms. The van der Waals surface area contributed by atoms with Crippen molar-refractivity contribution in [2.24, 2.45) is 0 Å². The van der Waals surface area contributed by atoms with E-state index in [0.717, 1.165) is 23.5 Å². The number of ether oxygens (including phenoxy) is 1. The second-order valence-corrected chi connectivity index (χ2v) is 6.77. The van der Waals surface area contributed by atoms with Crippen molar-refractivity contribution >= 4 is 17.5 Å². The maximum Gasteiger partial charge on any atom is 0.341 e. The Morgan fingerprint density at radius 3 is 2.55 bits per heavy atom. The molecule has 0 radical (unpaired) electrons. The fraction of sp³-hybridized carbons (Fsp3) is 0.167. The third-order valence-corrected chi connectivity index (χ3v) is 4.50. The Kier molecular flexibility index (Phi) is 6.63. The molecule has 0 spiro atoms. The van der Waals surface area contributed by atoms with E-state index in [1.807, 2.05) is 55.5 Å². The highest BCUT2D eigenvalue weighted by molar-refractivity contribution is 5.95. The van der Waals surface area contributed by atoms with Crippen LogP contribution in [0.25, 0.3) is 0 Å². The van der Waals surface area contributed by atoms with Crippen LogP contribution in [0.4, 0.5) is 11.5 Å². The third kappa shape index (κ3) is 5.45. The molecule has 0 unspecified atom stereocenters. The lowest BCUT2D eigenvalue weighted by Gasteiger charge is -2.10. The second kappa shape index (κ2) is 9.55. The quantitative estimate of drug-likeness (QED) is 0.611. The van der Waals surface area contributed by atoms with E-state index in [9.17, 15) is 4.79 Å². The predicted octanol–water partition coefficient (Wildman–Crippen LogP) is 5.20. The summed E-state index contributed by atoms with van der Waals surface area (Å²) in [6.45, 7) is 4.74. The van der Waals surface area contributed by atoms with Gasteiger partial charge < -0.3 is 14.6 Å². The summed E-state index contributed by atoms with van der Waals surface area (Å²) in [5.41, 5.74) is 4.45. The molecule has 5 nitrogen and oxygen atoms in total. The largest absolute Gasteiger partial charge is 0.465 e. The molecule has 0 amide bonds. The third-order valence-electron chi connectivity index (χ3n) is 4.50. The molecule has 3 rings (SSSR count). The molecule has 0 saturated heterocycles. The summed E-state index contributed by atoms with van der Waals surface area (Å²) in [5, 5.41) is 3.24. The van der Waals surface area contributed by atoms with Crippen LogP contribution in [0.1, 0.15) is 27.2 Å². The van der Waals surface area contributed by atoms with Gasteiger partial charge in [0.1, 0.15) is 11.4 Å². The van der Waals surface area contributed by atoms with Crippen molar-refractivity contribution in [2.45, 2.75) is 20.4 Å². The molecule has 0 bridgehead atoms. The number of pyridine rings is 1. The molecule has 5 heteroatoms. The maximum atomic E-state index is 12.1. The first-order chi connectivity index (χ1) is 14.1. The van der Waals surface area contributed by atoms with E-state index >= 15 is 0 Å². The van der Waals surface area contributed by atoms with E-state index in [-0.39, 0.29) is 0 Å². The van der Waals surface area contributed by atoms with Crippen LogP contribution in [0.3, 0.4) is 0 Å². The van der Waals surface area contributed by atoms with Crippen molar-refractivity contribution in [1.29, 1.82) is 0 Å². The van der Waals surface area contributed by atoms with Gasteiger partial charge in [-0.2, -0.15) is 0 Å². The highest BCUT2D eigenvalue weighted by atomic mass is 16.5. The van der Waals surface area contributed by atoms with Gasteiger partial charge in [0.25, 0.3) is 0 Å². The molecule has 2 aromatic heterocycles. The van der Waals surface area contributed by atoms with Crippen LogP contribution in [0.15, 0.2) is 79.1 Å².